The van der Waals surface area contributed by atoms with Crippen LogP contribution in [0.5, 0.6) is 0 Å². The predicted octanol–water partition coefficient (Wildman–Crippen LogP) is 1.15. The van der Waals surface area contributed by atoms with Gasteiger partial charge >= 0.3 is 0 Å². The van der Waals surface area contributed by atoms with Crippen LogP contribution in [0.15, 0.2) is 12.4 Å². The number of hydrogen-bond acceptors (Lipinski definition) is 4. The quantitative estimate of drug-likeness (QED) is 0.799. The number of fused-ring (bicyclic) bond motifs is 1. The number of hydrogen-bond donors (Lipinski definition) is 1. The minimum atomic E-state index is 0.495. The van der Waals surface area contributed by atoms with Crippen molar-refractivity contribution >= 4 is 5.78 Å². The molecule has 2 atom stereocenters. The van der Waals surface area contributed by atoms with Crippen molar-refractivity contribution in [1.29, 1.82) is 0 Å². The van der Waals surface area contributed by atoms with Crippen LogP contribution in [-0.4, -0.2) is 32.7 Å². The maximum atomic E-state index is 4.39. The molecule has 17 heavy (non-hydrogen) atoms. The molecule has 1 aliphatic heterocycles. The van der Waals surface area contributed by atoms with Crippen LogP contribution in [0, 0.1) is 12.8 Å². The molecule has 0 radical (unpaired) electrons. The summed E-state index contributed by atoms with van der Waals surface area (Å²) in [6.07, 6.45) is 2.79. The lowest BCUT2D eigenvalue weighted by Gasteiger charge is -2.29. The van der Waals surface area contributed by atoms with Crippen molar-refractivity contribution < 1.29 is 0 Å². The van der Waals surface area contributed by atoms with Gasteiger partial charge in [-0.25, -0.2) is 9.50 Å². The molecule has 3 heterocycles. The van der Waals surface area contributed by atoms with E-state index in [1.165, 1.54) is 12.1 Å². The van der Waals surface area contributed by atoms with E-state index in [4.69, 9.17) is 0 Å². The van der Waals surface area contributed by atoms with Gasteiger partial charge in [-0.15, -0.1) is 0 Å². The van der Waals surface area contributed by atoms with Gasteiger partial charge in [0.2, 0.25) is 0 Å². The first kappa shape index (κ1) is 10.7. The highest BCUT2D eigenvalue weighted by molar-refractivity contribution is 5.31. The number of nitrogens with one attached hydrogen (secondary N) is 1. The van der Waals surface area contributed by atoms with Crippen LogP contribution in [0.2, 0.25) is 0 Å². The van der Waals surface area contributed by atoms with E-state index >= 15 is 0 Å². The van der Waals surface area contributed by atoms with Gasteiger partial charge in [0, 0.05) is 18.2 Å². The van der Waals surface area contributed by atoms with Crippen LogP contribution in [0.4, 0.5) is 0 Å². The van der Waals surface area contributed by atoms with E-state index in [1.807, 2.05) is 11.4 Å². The third-order valence-electron chi connectivity index (χ3n) is 3.61. The van der Waals surface area contributed by atoms with Gasteiger partial charge in [0.25, 0.3) is 5.78 Å². The zero-order valence-electron chi connectivity index (χ0n) is 10.2. The van der Waals surface area contributed by atoms with Gasteiger partial charge in [0.1, 0.15) is 6.33 Å². The third kappa shape index (κ3) is 1.80. The Morgan fingerprint density at radius 1 is 1.47 bits per heavy atom. The second-order valence-electron chi connectivity index (χ2n) is 4.87. The predicted molar refractivity (Wildman–Crippen MR) is 64.9 cm³/mol. The molecule has 1 N–H and O–H groups in total. The maximum Gasteiger partial charge on any atom is 0.252 e. The van der Waals surface area contributed by atoms with Gasteiger partial charge in [0.05, 0.1) is 5.69 Å². The van der Waals surface area contributed by atoms with E-state index < -0.39 is 0 Å². The number of piperidine rings is 1. The van der Waals surface area contributed by atoms with Crippen molar-refractivity contribution in [3.63, 3.8) is 0 Å². The first-order valence-electron chi connectivity index (χ1n) is 6.13. The Kier molecular flexibility index (Phi) is 2.55. The molecule has 1 aliphatic rings. The Morgan fingerprint density at radius 3 is 3.18 bits per heavy atom. The molecule has 5 nitrogen and oxygen atoms in total. The van der Waals surface area contributed by atoms with Gasteiger partial charge in [-0.1, -0.05) is 6.92 Å². The number of rotatable bonds is 1. The molecule has 0 spiro atoms. The fourth-order valence-corrected chi connectivity index (χ4v) is 2.61. The van der Waals surface area contributed by atoms with Crippen LogP contribution in [-0.2, 0) is 0 Å². The molecule has 90 valence electrons. The largest absolute Gasteiger partial charge is 0.316 e. The topological polar surface area (TPSA) is 55.1 Å². The smallest absolute Gasteiger partial charge is 0.252 e. The summed E-state index contributed by atoms with van der Waals surface area (Å²) in [4.78, 5) is 8.57. The van der Waals surface area contributed by atoms with Crippen molar-refractivity contribution in [3.8, 4) is 0 Å². The van der Waals surface area contributed by atoms with E-state index in [2.05, 4.69) is 33.4 Å². The Bertz CT molecular complexity index is 533. The van der Waals surface area contributed by atoms with Gasteiger partial charge in [0.15, 0.2) is 0 Å². The lowest BCUT2D eigenvalue weighted by Crippen LogP contribution is -2.35. The first-order chi connectivity index (χ1) is 8.25. The summed E-state index contributed by atoms with van der Waals surface area (Å²) in [5, 5.41) is 7.74. The Morgan fingerprint density at radius 2 is 2.35 bits per heavy atom. The minimum Gasteiger partial charge on any atom is -0.316 e. The van der Waals surface area contributed by atoms with Gasteiger partial charge in [-0.05, 0) is 31.9 Å². The van der Waals surface area contributed by atoms with Crippen molar-refractivity contribution in [2.45, 2.75) is 26.2 Å². The summed E-state index contributed by atoms with van der Waals surface area (Å²) < 4.78 is 1.88. The van der Waals surface area contributed by atoms with E-state index in [0.717, 1.165) is 18.8 Å². The highest BCUT2D eigenvalue weighted by Crippen LogP contribution is 2.28. The molecule has 3 rings (SSSR count). The van der Waals surface area contributed by atoms with E-state index in [1.54, 1.807) is 6.33 Å². The average molecular weight is 231 g/mol. The third-order valence-corrected chi connectivity index (χ3v) is 3.61. The maximum absolute atomic E-state index is 4.39. The second-order valence-corrected chi connectivity index (χ2v) is 4.87. The monoisotopic (exact) mass is 231 g/mol. The normalized spacial score (nSPS) is 25.3. The number of nitrogens with zero attached hydrogens (tertiary/aromatic N) is 4. The van der Waals surface area contributed by atoms with Crippen molar-refractivity contribution in [3.05, 3.63) is 23.8 Å². The highest BCUT2D eigenvalue weighted by atomic mass is 15.3. The molecule has 2 aromatic heterocycles. The van der Waals surface area contributed by atoms with Crippen molar-refractivity contribution in [1.82, 2.24) is 24.9 Å². The highest BCUT2D eigenvalue weighted by Gasteiger charge is 2.25. The molecule has 1 saturated heterocycles. The van der Waals surface area contributed by atoms with Crippen LogP contribution < -0.4 is 5.32 Å². The fourth-order valence-electron chi connectivity index (χ4n) is 2.61. The summed E-state index contributed by atoms with van der Waals surface area (Å²) in [5.41, 5.74) is 2.24. The standard InChI is InChI=1S/C12H17N5/c1-8-3-4-13-6-10(8)11-5-9(2)16-12-14-7-15-17(11)12/h5,7-8,10,13H,3-4,6H2,1-2H3. The van der Waals surface area contributed by atoms with E-state index in [9.17, 15) is 0 Å². The summed E-state index contributed by atoms with van der Waals surface area (Å²) in [7, 11) is 0. The molecule has 0 aliphatic carbocycles. The molecule has 1 fully saturated rings. The van der Waals surface area contributed by atoms with Crippen molar-refractivity contribution in [2.24, 2.45) is 5.92 Å². The molecule has 0 amide bonds. The Hall–Kier alpha value is -1.49. The molecule has 5 heteroatoms. The first-order valence-corrected chi connectivity index (χ1v) is 6.13. The van der Waals surface area contributed by atoms with E-state index in [0.29, 0.717) is 17.6 Å². The summed E-state index contributed by atoms with van der Waals surface area (Å²) in [6, 6.07) is 2.13. The SMILES string of the molecule is Cc1cc(C2CNCCC2C)n2ncnc2n1. The second kappa shape index (κ2) is 4.07. The number of aryl methyl sites for hydroxylation is 1. The van der Waals surface area contributed by atoms with Gasteiger partial charge in [-0.2, -0.15) is 10.1 Å². The molecule has 0 aromatic carbocycles. The van der Waals surface area contributed by atoms with Crippen LogP contribution in [0.1, 0.15) is 30.7 Å². The summed E-state index contributed by atoms with van der Waals surface area (Å²) >= 11 is 0. The molecule has 0 saturated carbocycles. The van der Waals surface area contributed by atoms with Crippen LogP contribution in [0.25, 0.3) is 5.78 Å². The summed E-state index contributed by atoms with van der Waals surface area (Å²) in [6.45, 7) is 6.45. The summed E-state index contributed by atoms with van der Waals surface area (Å²) in [5.74, 6) is 1.87. The minimum absolute atomic E-state index is 0.495. The lowest BCUT2D eigenvalue weighted by molar-refractivity contribution is 0.338. The molecular formula is C12H17N5. The zero-order valence-corrected chi connectivity index (χ0v) is 10.2. The van der Waals surface area contributed by atoms with Gasteiger partial charge in [-0.3, -0.25) is 0 Å². The van der Waals surface area contributed by atoms with E-state index in [-0.39, 0.29) is 0 Å². The van der Waals surface area contributed by atoms with Gasteiger partial charge < -0.3 is 5.32 Å². The molecular weight excluding hydrogens is 214 g/mol. The Labute approximate surface area is 100 Å². The Balaban J connectivity index is 2.11. The molecule has 2 aromatic rings. The number of aromatic nitrogens is 4. The van der Waals surface area contributed by atoms with Crippen molar-refractivity contribution in [2.75, 3.05) is 13.1 Å². The zero-order chi connectivity index (χ0) is 11.8. The van der Waals surface area contributed by atoms with Crippen LogP contribution in [0.3, 0.4) is 0 Å². The molecule has 0 bridgehead atoms. The lowest BCUT2D eigenvalue weighted by atomic mass is 9.85. The average Bonchev–Trinajstić information content (AvgIpc) is 2.76. The van der Waals surface area contributed by atoms with Crippen LogP contribution >= 0.6 is 0 Å². The molecule has 2 unspecified atom stereocenters. The fraction of sp³-hybridized carbons (Fsp3) is 0.583.